The fourth-order valence-electron chi connectivity index (χ4n) is 4.37. The third-order valence-corrected chi connectivity index (χ3v) is 5.98. The standard InChI is InChI=1S/C26H30N2O4/c1-4-16-32-22-11-7-19(8-12-22)23-24(27-15-5-6-18(2)17-27)26(30)28(25(23)29)20-9-13-21(31-3)14-10-20/h7-14,18H,4-6,15-17H2,1-3H3. The molecule has 0 spiro atoms. The van der Waals surface area contributed by atoms with E-state index in [1.807, 2.05) is 24.3 Å². The van der Waals surface area contributed by atoms with Crippen LogP contribution in [0.3, 0.4) is 0 Å². The summed E-state index contributed by atoms with van der Waals surface area (Å²) in [7, 11) is 1.59. The molecule has 0 radical (unpaired) electrons. The number of carbonyl (C=O) groups excluding carboxylic acids is 2. The van der Waals surface area contributed by atoms with Crippen LogP contribution in [-0.2, 0) is 9.59 Å². The minimum absolute atomic E-state index is 0.268. The van der Waals surface area contributed by atoms with Crippen molar-refractivity contribution in [3.05, 3.63) is 59.8 Å². The van der Waals surface area contributed by atoms with Crippen LogP contribution in [0.2, 0.25) is 0 Å². The van der Waals surface area contributed by atoms with E-state index in [4.69, 9.17) is 9.47 Å². The summed E-state index contributed by atoms with van der Waals surface area (Å²) in [5.41, 5.74) is 2.24. The van der Waals surface area contributed by atoms with E-state index in [-0.39, 0.29) is 11.8 Å². The average Bonchev–Trinajstić information content (AvgIpc) is 3.08. The Hall–Kier alpha value is -3.28. The molecule has 6 nitrogen and oxygen atoms in total. The van der Waals surface area contributed by atoms with E-state index in [2.05, 4.69) is 18.7 Å². The molecular formula is C26H30N2O4. The van der Waals surface area contributed by atoms with E-state index in [0.717, 1.165) is 43.7 Å². The number of nitrogens with zero attached hydrogens (tertiary/aromatic N) is 2. The highest BCUT2D eigenvalue weighted by Crippen LogP contribution is 2.37. The predicted octanol–water partition coefficient (Wildman–Crippen LogP) is 4.50. The number of anilines is 1. The minimum atomic E-state index is -0.296. The van der Waals surface area contributed by atoms with Crippen molar-refractivity contribution >= 4 is 23.1 Å². The van der Waals surface area contributed by atoms with Crippen LogP contribution >= 0.6 is 0 Å². The van der Waals surface area contributed by atoms with Crippen LogP contribution < -0.4 is 14.4 Å². The number of methoxy groups -OCH3 is 1. The molecule has 2 heterocycles. The van der Waals surface area contributed by atoms with Gasteiger partial charge in [-0.05, 0) is 67.1 Å². The highest BCUT2D eigenvalue weighted by atomic mass is 16.5. The normalized spacial score (nSPS) is 19.0. The Labute approximate surface area is 189 Å². The first-order valence-corrected chi connectivity index (χ1v) is 11.3. The maximum Gasteiger partial charge on any atom is 0.282 e. The van der Waals surface area contributed by atoms with Gasteiger partial charge in [0.2, 0.25) is 0 Å². The summed E-state index contributed by atoms with van der Waals surface area (Å²) in [4.78, 5) is 30.6. The first kappa shape index (κ1) is 21.9. The number of benzene rings is 2. The molecule has 0 bridgehead atoms. The molecule has 2 aliphatic rings. The van der Waals surface area contributed by atoms with Gasteiger partial charge in [0.05, 0.1) is 25.0 Å². The lowest BCUT2D eigenvalue weighted by Crippen LogP contribution is -2.39. The zero-order chi connectivity index (χ0) is 22.7. The first-order valence-electron chi connectivity index (χ1n) is 11.3. The van der Waals surface area contributed by atoms with Gasteiger partial charge in [-0.15, -0.1) is 0 Å². The summed E-state index contributed by atoms with van der Waals surface area (Å²) < 4.78 is 10.9. The molecule has 32 heavy (non-hydrogen) atoms. The van der Waals surface area contributed by atoms with Crippen molar-refractivity contribution in [2.24, 2.45) is 5.92 Å². The van der Waals surface area contributed by atoms with E-state index in [9.17, 15) is 9.59 Å². The van der Waals surface area contributed by atoms with Crippen molar-refractivity contribution in [2.75, 3.05) is 31.7 Å². The summed E-state index contributed by atoms with van der Waals surface area (Å²) in [5, 5.41) is 0. The lowest BCUT2D eigenvalue weighted by atomic mass is 9.97. The highest BCUT2D eigenvalue weighted by Gasteiger charge is 2.43. The van der Waals surface area contributed by atoms with Crippen LogP contribution in [0.25, 0.3) is 5.57 Å². The molecule has 0 aromatic heterocycles. The number of piperidine rings is 1. The molecule has 2 aromatic carbocycles. The fraction of sp³-hybridized carbons (Fsp3) is 0.385. The largest absolute Gasteiger partial charge is 0.497 e. The molecule has 2 amide bonds. The summed E-state index contributed by atoms with van der Waals surface area (Å²) >= 11 is 0. The predicted molar refractivity (Wildman–Crippen MR) is 125 cm³/mol. The van der Waals surface area contributed by atoms with Crippen LogP contribution in [0.1, 0.15) is 38.7 Å². The van der Waals surface area contributed by atoms with Gasteiger partial charge in [-0.2, -0.15) is 0 Å². The molecule has 4 rings (SSSR count). The SMILES string of the molecule is CCCOc1ccc(C2=C(N3CCCC(C)C3)C(=O)N(c3ccc(OC)cc3)C2=O)cc1. The lowest BCUT2D eigenvalue weighted by Gasteiger charge is -2.33. The number of hydrogen-bond acceptors (Lipinski definition) is 5. The van der Waals surface area contributed by atoms with Gasteiger partial charge >= 0.3 is 0 Å². The maximum absolute atomic E-state index is 13.6. The van der Waals surface area contributed by atoms with E-state index < -0.39 is 0 Å². The van der Waals surface area contributed by atoms with Gasteiger partial charge < -0.3 is 14.4 Å². The summed E-state index contributed by atoms with van der Waals surface area (Å²) in [6.07, 6.45) is 3.06. The molecule has 2 aromatic rings. The Balaban J connectivity index is 1.73. The molecule has 6 heteroatoms. The van der Waals surface area contributed by atoms with E-state index >= 15 is 0 Å². The molecule has 0 aliphatic carbocycles. The summed E-state index contributed by atoms with van der Waals surface area (Å²) in [6, 6.07) is 14.5. The molecule has 2 aliphatic heterocycles. The number of imide groups is 1. The van der Waals surface area contributed by atoms with Crippen LogP contribution in [0, 0.1) is 5.92 Å². The van der Waals surface area contributed by atoms with Crippen molar-refractivity contribution in [1.82, 2.24) is 4.90 Å². The van der Waals surface area contributed by atoms with E-state index in [1.165, 1.54) is 4.90 Å². The minimum Gasteiger partial charge on any atom is -0.497 e. The summed E-state index contributed by atoms with van der Waals surface area (Å²) in [6.45, 7) is 6.43. The zero-order valence-electron chi connectivity index (χ0n) is 19.0. The Morgan fingerprint density at radius 2 is 1.66 bits per heavy atom. The number of hydrogen-bond donors (Lipinski definition) is 0. The molecule has 0 saturated carbocycles. The maximum atomic E-state index is 13.6. The number of amides is 2. The van der Waals surface area contributed by atoms with E-state index in [0.29, 0.717) is 35.2 Å². The summed E-state index contributed by atoms with van der Waals surface area (Å²) in [5.74, 6) is 1.34. The lowest BCUT2D eigenvalue weighted by molar-refractivity contribution is -0.120. The second-order valence-corrected chi connectivity index (χ2v) is 8.43. The monoisotopic (exact) mass is 434 g/mol. The number of likely N-dealkylation sites (tertiary alicyclic amines) is 1. The first-order chi connectivity index (χ1) is 15.5. The quantitative estimate of drug-likeness (QED) is 0.601. The highest BCUT2D eigenvalue weighted by molar-refractivity contribution is 6.45. The smallest absolute Gasteiger partial charge is 0.282 e. The molecule has 0 N–H and O–H groups in total. The van der Waals surface area contributed by atoms with Crippen molar-refractivity contribution in [2.45, 2.75) is 33.1 Å². The second-order valence-electron chi connectivity index (χ2n) is 8.43. The van der Waals surface area contributed by atoms with Crippen LogP contribution in [-0.4, -0.2) is 43.5 Å². The molecule has 1 fully saturated rings. The topological polar surface area (TPSA) is 59.1 Å². The van der Waals surface area contributed by atoms with Gasteiger partial charge in [-0.25, -0.2) is 4.90 Å². The number of rotatable bonds is 7. The zero-order valence-corrected chi connectivity index (χ0v) is 19.0. The van der Waals surface area contributed by atoms with E-state index in [1.54, 1.807) is 31.4 Å². The van der Waals surface area contributed by atoms with Crippen molar-refractivity contribution in [3.63, 3.8) is 0 Å². The molecule has 168 valence electrons. The number of carbonyl (C=O) groups is 2. The van der Waals surface area contributed by atoms with Gasteiger partial charge in [0.25, 0.3) is 11.8 Å². The average molecular weight is 435 g/mol. The van der Waals surface area contributed by atoms with Crippen LogP contribution in [0.5, 0.6) is 11.5 Å². The van der Waals surface area contributed by atoms with Gasteiger partial charge in [-0.3, -0.25) is 9.59 Å². The Kier molecular flexibility index (Phi) is 6.49. The third kappa shape index (κ3) is 4.22. The van der Waals surface area contributed by atoms with Gasteiger partial charge in [0.15, 0.2) is 0 Å². The van der Waals surface area contributed by atoms with Gasteiger partial charge in [0, 0.05) is 13.1 Å². The Morgan fingerprint density at radius 1 is 0.969 bits per heavy atom. The fourth-order valence-corrected chi connectivity index (χ4v) is 4.37. The van der Waals surface area contributed by atoms with Crippen LogP contribution in [0.15, 0.2) is 54.2 Å². The van der Waals surface area contributed by atoms with Gasteiger partial charge in [-0.1, -0.05) is 26.0 Å². The molecule has 1 atom stereocenters. The van der Waals surface area contributed by atoms with Crippen molar-refractivity contribution < 1.29 is 19.1 Å². The molecule has 1 saturated heterocycles. The Morgan fingerprint density at radius 3 is 2.28 bits per heavy atom. The van der Waals surface area contributed by atoms with Crippen LogP contribution in [0.4, 0.5) is 5.69 Å². The van der Waals surface area contributed by atoms with Crippen molar-refractivity contribution in [1.29, 1.82) is 0 Å². The Bertz CT molecular complexity index is 1010. The molecular weight excluding hydrogens is 404 g/mol. The molecule has 1 unspecified atom stereocenters. The second kappa shape index (κ2) is 9.47. The number of ether oxygens (including phenoxy) is 2. The third-order valence-electron chi connectivity index (χ3n) is 5.98. The van der Waals surface area contributed by atoms with Crippen molar-refractivity contribution in [3.8, 4) is 11.5 Å². The van der Waals surface area contributed by atoms with Gasteiger partial charge in [0.1, 0.15) is 17.2 Å².